The molecule has 102 valence electrons. The Bertz CT molecular complexity index is 354. The Balaban J connectivity index is 2.05. The lowest BCUT2D eigenvalue weighted by atomic mass is 10.1. The van der Waals surface area contributed by atoms with Gasteiger partial charge >= 0.3 is 0 Å². The maximum Gasteiger partial charge on any atom is 0.0951 e. The van der Waals surface area contributed by atoms with Crippen molar-refractivity contribution in [2.45, 2.75) is 45.2 Å². The number of piperidine rings is 1. The fourth-order valence-corrected chi connectivity index (χ4v) is 2.50. The molecule has 0 bridgehead atoms. The lowest BCUT2D eigenvalue weighted by Gasteiger charge is -2.32. The van der Waals surface area contributed by atoms with Crippen LogP contribution in [0.25, 0.3) is 0 Å². The molecule has 1 aliphatic rings. The number of hydrogen-bond acceptors (Lipinski definition) is 4. The molecular weight excluding hydrogens is 226 g/mol. The minimum absolute atomic E-state index is 0.160. The van der Waals surface area contributed by atoms with Gasteiger partial charge < -0.3 is 10.3 Å². The molecule has 0 radical (unpaired) electrons. The van der Waals surface area contributed by atoms with Crippen LogP contribution in [0.5, 0.6) is 0 Å². The Hall–Kier alpha value is -0.910. The third-order valence-electron chi connectivity index (χ3n) is 3.54. The first kappa shape index (κ1) is 13.5. The predicted octanol–water partition coefficient (Wildman–Crippen LogP) is 1.45. The second-order valence-corrected chi connectivity index (χ2v) is 5.28. The number of nitrogens with zero attached hydrogens (tertiary/aromatic N) is 3. The third-order valence-corrected chi connectivity index (χ3v) is 3.54. The first-order chi connectivity index (χ1) is 8.72. The van der Waals surface area contributed by atoms with Gasteiger partial charge in [0, 0.05) is 31.9 Å². The van der Waals surface area contributed by atoms with E-state index in [2.05, 4.69) is 33.8 Å². The average Bonchev–Trinajstić information content (AvgIpc) is 2.86. The second-order valence-electron chi connectivity index (χ2n) is 5.28. The van der Waals surface area contributed by atoms with Gasteiger partial charge in [-0.1, -0.05) is 6.42 Å². The predicted molar refractivity (Wildman–Crippen MR) is 73.0 cm³/mol. The van der Waals surface area contributed by atoms with Crippen LogP contribution in [0.2, 0.25) is 0 Å². The number of imidazole rings is 1. The van der Waals surface area contributed by atoms with Crippen LogP contribution in [0, 0.1) is 0 Å². The summed E-state index contributed by atoms with van der Waals surface area (Å²) in [7, 11) is 0. The Kier molecular flexibility index (Phi) is 4.74. The molecule has 2 rings (SSSR count). The topological polar surface area (TPSA) is 59.1 Å². The fourth-order valence-electron chi connectivity index (χ4n) is 2.50. The Morgan fingerprint density at radius 3 is 2.67 bits per heavy atom. The van der Waals surface area contributed by atoms with E-state index in [1.165, 1.54) is 25.0 Å². The van der Waals surface area contributed by atoms with Gasteiger partial charge in [0.15, 0.2) is 0 Å². The van der Waals surface area contributed by atoms with Crippen LogP contribution in [0.4, 0.5) is 0 Å². The van der Waals surface area contributed by atoms with Gasteiger partial charge in [-0.25, -0.2) is 15.4 Å². The summed E-state index contributed by atoms with van der Waals surface area (Å²) < 4.78 is 2.19. The normalized spacial score (nSPS) is 19.3. The zero-order valence-electron chi connectivity index (χ0n) is 11.5. The van der Waals surface area contributed by atoms with Crippen LogP contribution in [0.1, 0.15) is 50.9 Å². The van der Waals surface area contributed by atoms with E-state index in [-0.39, 0.29) is 6.04 Å². The number of aromatic nitrogens is 2. The van der Waals surface area contributed by atoms with E-state index < -0.39 is 0 Å². The van der Waals surface area contributed by atoms with E-state index in [1.807, 2.05) is 12.5 Å². The summed E-state index contributed by atoms with van der Waals surface area (Å²) in [6, 6.07) is 0.577. The van der Waals surface area contributed by atoms with Crippen LogP contribution in [0.15, 0.2) is 12.5 Å². The molecule has 18 heavy (non-hydrogen) atoms. The quantitative estimate of drug-likeness (QED) is 0.831. The summed E-state index contributed by atoms with van der Waals surface area (Å²) in [6.45, 7) is 7.16. The van der Waals surface area contributed by atoms with Gasteiger partial charge in [0.2, 0.25) is 0 Å². The van der Waals surface area contributed by atoms with Crippen LogP contribution in [-0.4, -0.2) is 34.2 Å². The minimum Gasteiger partial charge on any atom is -0.331 e. The highest BCUT2D eigenvalue weighted by Gasteiger charge is 2.19. The van der Waals surface area contributed by atoms with Gasteiger partial charge in [0.1, 0.15) is 0 Å². The Morgan fingerprint density at radius 1 is 1.33 bits per heavy atom. The first-order valence-corrected chi connectivity index (χ1v) is 6.95. The summed E-state index contributed by atoms with van der Waals surface area (Å²) in [5.41, 5.74) is 10.6. The van der Waals surface area contributed by atoms with E-state index in [0.29, 0.717) is 12.6 Å². The molecule has 1 aromatic heterocycles. The van der Waals surface area contributed by atoms with Gasteiger partial charge in [-0.3, -0.25) is 0 Å². The molecule has 1 saturated heterocycles. The van der Waals surface area contributed by atoms with Gasteiger partial charge in [0.05, 0.1) is 18.1 Å². The number of nitrogens with two attached hydrogens (primary N) is 1. The zero-order valence-corrected chi connectivity index (χ0v) is 11.5. The van der Waals surface area contributed by atoms with Crippen molar-refractivity contribution in [1.82, 2.24) is 20.0 Å². The standard InChI is InChI=1S/C13H25N5/c1-11(2)18-10-15-9-13(18)12(8-14)16-17-6-4-3-5-7-17/h9-12,16H,3-8,14H2,1-2H3. The van der Waals surface area contributed by atoms with Crippen molar-refractivity contribution >= 4 is 0 Å². The molecule has 0 spiro atoms. The highest BCUT2D eigenvalue weighted by atomic mass is 15.5. The number of hydrogen-bond donors (Lipinski definition) is 2. The lowest BCUT2D eigenvalue weighted by molar-refractivity contribution is 0.127. The molecular formula is C13H25N5. The molecule has 0 aliphatic carbocycles. The van der Waals surface area contributed by atoms with E-state index in [1.54, 1.807) is 0 Å². The molecule has 1 fully saturated rings. The first-order valence-electron chi connectivity index (χ1n) is 6.95. The van der Waals surface area contributed by atoms with Crippen molar-refractivity contribution in [3.05, 3.63) is 18.2 Å². The van der Waals surface area contributed by atoms with Gasteiger partial charge in [-0.05, 0) is 26.7 Å². The highest BCUT2D eigenvalue weighted by Crippen LogP contribution is 2.18. The van der Waals surface area contributed by atoms with E-state index >= 15 is 0 Å². The van der Waals surface area contributed by atoms with Crippen molar-refractivity contribution < 1.29 is 0 Å². The minimum atomic E-state index is 0.160. The molecule has 5 heteroatoms. The number of hydrazine groups is 1. The maximum atomic E-state index is 5.92. The summed E-state index contributed by atoms with van der Waals surface area (Å²) in [6.07, 6.45) is 7.70. The molecule has 3 N–H and O–H groups in total. The molecule has 1 unspecified atom stereocenters. The van der Waals surface area contributed by atoms with Crippen LogP contribution < -0.4 is 11.2 Å². The summed E-state index contributed by atoms with van der Waals surface area (Å²) in [5.74, 6) is 0. The fraction of sp³-hybridized carbons (Fsp3) is 0.769. The largest absolute Gasteiger partial charge is 0.331 e. The molecule has 1 atom stereocenters. The van der Waals surface area contributed by atoms with Crippen molar-refractivity contribution in [2.75, 3.05) is 19.6 Å². The van der Waals surface area contributed by atoms with Gasteiger partial charge in [-0.15, -0.1) is 0 Å². The monoisotopic (exact) mass is 251 g/mol. The van der Waals surface area contributed by atoms with Gasteiger partial charge in [-0.2, -0.15) is 0 Å². The van der Waals surface area contributed by atoms with E-state index in [4.69, 9.17) is 5.73 Å². The third kappa shape index (κ3) is 3.10. The second kappa shape index (κ2) is 6.31. The van der Waals surface area contributed by atoms with Crippen molar-refractivity contribution in [3.63, 3.8) is 0 Å². The van der Waals surface area contributed by atoms with Crippen molar-refractivity contribution in [3.8, 4) is 0 Å². The van der Waals surface area contributed by atoms with Crippen molar-refractivity contribution in [1.29, 1.82) is 0 Å². The number of nitrogens with one attached hydrogen (secondary N) is 1. The molecule has 0 aromatic carbocycles. The Labute approximate surface area is 109 Å². The van der Waals surface area contributed by atoms with Crippen LogP contribution in [0.3, 0.4) is 0 Å². The molecule has 0 saturated carbocycles. The van der Waals surface area contributed by atoms with Gasteiger partial charge in [0.25, 0.3) is 0 Å². The zero-order chi connectivity index (χ0) is 13.0. The summed E-state index contributed by atoms with van der Waals surface area (Å²) >= 11 is 0. The SMILES string of the molecule is CC(C)n1cncc1C(CN)NN1CCCCC1. The van der Waals surface area contributed by atoms with Crippen molar-refractivity contribution in [2.24, 2.45) is 5.73 Å². The van der Waals surface area contributed by atoms with Crippen LogP contribution >= 0.6 is 0 Å². The lowest BCUT2D eigenvalue weighted by Crippen LogP contribution is -2.46. The summed E-state index contributed by atoms with van der Waals surface area (Å²) in [4.78, 5) is 4.25. The van der Waals surface area contributed by atoms with E-state index in [9.17, 15) is 0 Å². The highest BCUT2D eigenvalue weighted by molar-refractivity contribution is 5.07. The average molecular weight is 251 g/mol. The molecule has 2 heterocycles. The Morgan fingerprint density at radius 2 is 2.06 bits per heavy atom. The molecule has 5 nitrogen and oxygen atoms in total. The molecule has 1 aliphatic heterocycles. The number of rotatable bonds is 5. The summed E-state index contributed by atoms with van der Waals surface area (Å²) in [5, 5.41) is 2.30. The molecule has 1 aromatic rings. The maximum absolute atomic E-state index is 5.92. The van der Waals surface area contributed by atoms with E-state index in [0.717, 1.165) is 13.1 Å². The van der Waals surface area contributed by atoms with Crippen LogP contribution in [-0.2, 0) is 0 Å². The smallest absolute Gasteiger partial charge is 0.0951 e. The molecule has 0 amide bonds.